The standard InChI is InChI=1S/C38H31Cl2N3O6S/c1-49-22-11-8-20(9-12-22)38-28(35(46)43(37(38)48)41-30-15-10-21(39)17-29(30)40)18-27-24(33(38)25-6-2-3-7-31(25)44)13-14-26-32(27)36(47)42(34(26)45)19-23-5-4-16-50-23/h2-13,15-17,26-28,32-33,41,44H,14,18-19H2,1H3/t26-,27+,28-,32-,33+,38+/m0/s1. The molecule has 0 bridgehead atoms. The molecule has 0 unspecified atom stereocenters. The topological polar surface area (TPSA) is 116 Å². The van der Waals surface area contributed by atoms with Gasteiger partial charge in [-0.1, -0.05) is 71.2 Å². The second kappa shape index (κ2) is 12.3. The molecule has 2 aliphatic heterocycles. The Bertz CT molecular complexity index is 2090. The number of anilines is 1. The second-order valence-corrected chi connectivity index (χ2v) is 15.0. The third-order valence-electron chi connectivity index (χ3n) is 10.8. The van der Waals surface area contributed by atoms with Crippen LogP contribution in [0.2, 0.25) is 10.0 Å². The van der Waals surface area contributed by atoms with Crippen LogP contribution in [0.4, 0.5) is 5.69 Å². The summed E-state index contributed by atoms with van der Waals surface area (Å²) in [6.45, 7) is 0.184. The molecule has 9 nitrogen and oxygen atoms in total. The van der Waals surface area contributed by atoms with Crippen LogP contribution in [0, 0.1) is 23.7 Å². The number of thiophene rings is 1. The van der Waals surface area contributed by atoms with E-state index >= 15 is 4.79 Å². The number of carbonyl (C=O) groups excluding carboxylic acids is 4. The molecule has 8 rings (SSSR count). The van der Waals surface area contributed by atoms with Gasteiger partial charge in [-0.05, 0) is 72.2 Å². The normalized spacial score (nSPS) is 27.2. The highest BCUT2D eigenvalue weighted by Gasteiger charge is 2.70. The molecule has 0 spiro atoms. The van der Waals surface area contributed by atoms with Crippen LogP contribution in [0.1, 0.15) is 34.8 Å². The number of carbonyl (C=O) groups is 4. The van der Waals surface area contributed by atoms with Crippen molar-refractivity contribution in [3.05, 3.63) is 122 Å². The maximum absolute atomic E-state index is 15.3. The van der Waals surface area contributed by atoms with E-state index in [1.54, 1.807) is 67.8 Å². The number of phenolic OH excluding ortho intramolecular Hbond substituents is 1. The largest absolute Gasteiger partial charge is 0.508 e. The Hall–Kier alpha value is -4.64. The Labute approximate surface area is 302 Å². The summed E-state index contributed by atoms with van der Waals surface area (Å²) in [5.74, 6) is -4.75. The van der Waals surface area contributed by atoms with E-state index in [9.17, 15) is 19.5 Å². The lowest BCUT2D eigenvalue weighted by molar-refractivity contribution is -0.141. The van der Waals surface area contributed by atoms with Crippen molar-refractivity contribution in [1.82, 2.24) is 9.91 Å². The van der Waals surface area contributed by atoms with Gasteiger partial charge in [0, 0.05) is 21.4 Å². The van der Waals surface area contributed by atoms with E-state index in [1.165, 1.54) is 22.3 Å². The van der Waals surface area contributed by atoms with Crippen molar-refractivity contribution in [2.45, 2.75) is 30.7 Å². The Morgan fingerprint density at radius 3 is 2.42 bits per heavy atom. The number of likely N-dealkylation sites (tertiary alicyclic amines) is 1. The van der Waals surface area contributed by atoms with Gasteiger partial charge in [0.15, 0.2) is 0 Å². The van der Waals surface area contributed by atoms with Crippen molar-refractivity contribution in [2.75, 3.05) is 12.5 Å². The molecule has 4 amide bonds. The average Bonchev–Trinajstić information content (AvgIpc) is 3.78. The smallest absolute Gasteiger partial charge is 0.260 e. The number of benzene rings is 3. The summed E-state index contributed by atoms with van der Waals surface area (Å²) in [6.07, 6.45) is 2.39. The zero-order valence-corrected chi connectivity index (χ0v) is 29.0. The first kappa shape index (κ1) is 32.6. The number of hydrogen-bond donors (Lipinski definition) is 2. The van der Waals surface area contributed by atoms with Crippen LogP contribution >= 0.6 is 34.5 Å². The molecule has 3 heterocycles. The molecule has 12 heteroatoms. The highest BCUT2D eigenvalue weighted by atomic mass is 35.5. The molecule has 3 fully saturated rings. The third-order valence-corrected chi connectivity index (χ3v) is 12.2. The van der Waals surface area contributed by atoms with Gasteiger partial charge in [-0.2, -0.15) is 5.01 Å². The monoisotopic (exact) mass is 727 g/mol. The van der Waals surface area contributed by atoms with Crippen molar-refractivity contribution in [3.8, 4) is 11.5 Å². The van der Waals surface area contributed by atoms with E-state index in [1.807, 2.05) is 23.6 Å². The molecule has 2 saturated heterocycles. The van der Waals surface area contributed by atoms with Crippen LogP contribution in [0.15, 0.2) is 95.9 Å². The Balaban J connectivity index is 1.31. The van der Waals surface area contributed by atoms with Crippen molar-refractivity contribution in [1.29, 1.82) is 0 Å². The maximum atomic E-state index is 15.3. The molecule has 2 N–H and O–H groups in total. The Morgan fingerprint density at radius 2 is 1.72 bits per heavy atom. The molecule has 50 heavy (non-hydrogen) atoms. The molecular weight excluding hydrogens is 697 g/mol. The molecule has 4 aliphatic rings. The zero-order valence-electron chi connectivity index (χ0n) is 26.7. The van der Waals surface area contributed by atoms with E-state index in [2.05, 4.69) is 5.43 Å². The van der Waals surface area contributed by atoms with Gasteiger partial charge in [-0.3, -0.25) is 29.5 Å². The lowest BCUT2D eigenvalue weighted by Gasteiger charge is -2.50. The van der Waals surface area contributed by atoms with Gasteiger partial charge in [-0.25, -0.2) is 0 Å². The number of para-hydroxylation sites is 1. The summed E-state index contributed by atoms with van der Waals surface area (Å²) in [4.78, 5) is 60.4. The highest BCUT2D eigenvalue weighted by molar-refractivity contribution is 7.09. The number of hydrogen-bond acceptors (Lipinski definition) is 8. The number of ether oxygens (including phenoxy) is 1. The summed E-state index contributed by atoms with van der Waals surface area (Å²) in [5.41, 5.74) is 3.49. The third kappa shape index (κ3) is 4.80. The molecule has 254 valence electrons. The fourth-order valence-corrected chi connectivity index (χ4v) is 9.84. The summed E-state index contributed by atoms with van der Waals surface area (Å²) in [6, 6.07) is 22.3. The maximum Gasteiger partial charge on any atom is 0.260 e. The predicted molar refractivity (Wildman–Crippen MR) is 189 cm³/mol. The molecule has 2 aliphatic carbocycles. The van der Waals surface area contributed by atoms with Crippen LogP contribution in [-0.2, 0) is 31.1 Å². The van der Waals surface area contributed by atoms with Crippen LogP contribution in [0.5, 0.6) is 11.5 Å². The van der Waals surface area contributed by atoms with E-state index in [0.717, 1.165) is 15.5 Å². The van der Waals surface area contributed by atoms with Gasteiger partial charge < -0.3 is 9.84 Å². The summed E-state index contributed by atoms with van der Waals surface area (Å²) in [5, 5.41) is 15.0. The van der Waals surface area contributed by atoms with Crippen molar-refractivity contribution in [3.63, 3.8) is 0 Å². The van der Waals surface area contributed by atoms with Crippen LogP contribution in [0.25, 0.3) is 0 Å². The number of hydrazine groups is 1. The highest BCUT2D eigenvalue weighted by Crippen LogP contribution is 2.65. The lowest BCUT2D eigenvalue weighted by atomic mass is 9.49. The number of nitrogens with one attached hydrogen (secondary N) is 1. The molecule has 3 aromatic carbocycles. The van der Waals surface area contributed by atoms with Gasteiger partial charge in [0.25, 0.3) is 11.8 Å². The first-order valence-electron chi connectivity index (χ1n) is 16.2. The first-order valence-corrected chi connectivity index (χ1v) is 17.9. The number of methoxy groups -OCH3 is 1. The molecule has 4 aromatic rings. The molecule has 1 aromatic heterocycles. The van der Waals surface area contributed by atoms with Crippen molar-refractivity contribution >= 4 is 63.9 Å². The number of phenols is 1. The number of aromatic hydroxyl groups is 1. The molecule has 6 atom stereocenters. The average molecular weight is 729 g/mol. The SMILES string of the molecule is COc1ccc([C@@]23C(=O)N(Nc4ccc(Cl)cc4Cl)C(=O)[C@@H]2C[C@@H]2C(=CC[C@@H]4C(=O)N(Cc5cccs5)C(=O)[C@@H]42)[C@@H]3c2ccccc2O)cc1. The summed E-state index contributed by atoms with van der Waals surface area (Å²) in [7, 11) is 1.54. The van der Waals surface area contributed by atoms with Gasteiger partial charge in [0.2, 0.25) is 11.8 Å². The fraction of sp³-hybridized carbons (Fsp3) is 0.263. The number of imide groups is 2. The lowest BCUT2D eigenvalue weighted by Crippen LogP contribution is -2.53. The van der Waals surface area contributed by atoms with Gasteiger partial charge in [-0.15, -0.1) is 11.3 Å². The number of halogens is 2. The number of allylic oxidation sites excluding steroid dienone is 2. The minimum atomic E-state index is -1.55. The quantitative estimate of drug-likeness (QED) is 0.156. The second-order valence-electron chi connectivity index (χ2n) is 13.1. The van der Waals surface area contributed by atoms with Crippen molar-refractivity contribution in [2.24, 2.45) is 23.7 Å². The summed E-state index contributed by atoms with van der Waals surface area (Å²) < 4.78 is 5.44. The number of rotatable bonds is 7. The first-order chi connectivity index (χ1) is 24.1. The minimum Gasteiger partial charge on any atom is -0.508 e. The van der Waals surface area contributed by atoms with E-state index < -0.39 is 46.8 Å². The Kier molecular flexibility index (Phi) is 8.01. The van der Waals surface area contributed by atoms with Gasteiger partial charge in [0.05, 0.1) is 47.5 Å². The van der Waals surface area contributed by atoms with E-state index in [0.29, 0.717) is 34.0 Å². The zero-order chi connectivity index (χ0) is 34.9. The van der Waals surface area contributed by atoms with E-state index in [-0.39, 0.29) is 35.6 Å². The van der Waals surface area contributed by atoms with Crippen molar-refractivity contribution < 1.29 is 29.0 Å². The van der Waals surface area contributed by atoms with Gasteiger partial charge >= 0.3 is 0 Å². The van der Waals surface area contributed by atoms with Crippen LogP contribution in [0.3, 0.4) is 0 Å². The predicted octanol–water partition coefficient (Wildman–Crippen LogP) is 6.95. The van der Waals surface area contributed by atoms with Crippen LogP contribution in [-0.4, -0.2) is 45.8 Å². The van der Waals surface area contributed by atoms with Gasteiger partial charge in [0.1, 0.15) is 11.5 Å². The van der Waals surface area contributed by atoms with Crippen LogP contribution < -0.4 is 10.2 Å². The molecule has 0 radical (unpaired) electrons. The minimum absolute atomic E-state index is 0.0478. The number of amides is 4. The Morgan fingerprint density at radius 1 is 0.940 bits per heavy atom. The fourth-order valence-electron chi connectivity index (χ4n) is 8.70. The molecular formula is C38H31Cl2N3O6S. The number of fused-ring (bicyclic) bond motifs is 4. The number of nitrogens with zero attached hydrogens (tertiary/aromatic N) is 2. The van der Waals surface area contributed by atoms with E-state index in [4.69, 9.17) is 27.9 Å². The molecule has 1 saturated carbocycles. The summed E-state index contributed by atoms with van der Waals surface area (Å²) >= 11 is 14.1.